The van der Waals surface area contributed by atoms with Crippen LogP contribution in [-0.4, -0.2) is 30.5 Å². The molecule has 0 aromatic carbocycles. The molecule has 0 unspecified atom stereocenters. The average molecular weight is 286 g/mol. The fourth-order valence-corrected chi connectivity index (χ4v) is 2.92. The van der Waals surface area contributed by atoms with Crippen molar-refractivity contribution in [2.75, 3.05) is 11.9 Å². The number of rotatable bonds is 7. The predicted molar refractivity (Wildman–Crippen MR) is 75.5 cm³/mol. The summed E-state index contributed by atoms with van der Waals surface area (Å²) in [6.45, 7) is 8.41. The highest BCUT2D eigenvalue weighted by atomic mass is 32.2. The first kappa shape index (κ1) is 15.8. The van der Waals surface area contributed by atoms with Crippen molar-refractivity contribution in [3.63, 3.8) is 0 Å². The summed E-state index contributed by atoms with van der Waals surface area (Å²) >= 11 is 0. The van der Waals surface area contributed by atoms with Gasteiger partial charge in [0, 0.05) is 12.1 Å². The van der Waals surface area contributed by atoms with Crippen molar-refractivity contribution in [1.82, 2.24) is 14.7 Å². The second-order valence-corrected chi connectivity index (χ2v) is 6.33. The molecule has 1 aromatic rings. The molecule has 7 heteroatoms. The van der Waals surface area contributed by atoms with Gasteiger partial charge in [0.15, 0.2) is 0 Å². The third kappa shape index (κ3) is 4.14. The van der Waals surface area contributed by atoms with E-state index < -0.39 is 15.6 Å². The molecule has 6 nitrogen and oxygen atoms in total. The van der Waals surface area contributed by atoms with Gasteiger partial charge in [-0.2, -0.15) is 0 Å². The Bertz CT molecular complexity index is 495. The van der Waals surface area contributed by atoms with E-state index in [2.05, 4.69) is 20.0 Å². The summed E-state index contributed by atoms with van der Waals surface area (Å²) in [5, 5.41) is 2.92. The molecule has 0 atom stereocenters. The molecule has 0 saturated carbocycles. The second-order valence-electron chi connectivity index (χ2n) is 4.65. The number of sulfonamides is 1. The molecule has 19 heavy (non-hydrogen) atoms. The van der Waals surface area contributed by atoms with Gasteiger partial charge in [0.25, 0.3) is 0 Å². The summed E-state index contributed by atoms with van der Waals surface area (Å²) in [5.74, 6) is 0.426. The molecular formula is C12H22N4O2S. The minimum Gasteiger partial charge on any atom is -0.355 e. The van der Waals surface area contributed by atoms with Crippen LogP contribution >= 0.6 is 0 Å². The van der Waals surface area contributed by atoms with Gasteiger partial charge in [-0.1, -0.05) is 13.8 Å². The monoisotopic (exact) mass is 286 g/mol. The summed E-state index contributed by atoms with van der Waals surface area (Å²) in [7, 11) is -3.58. The van der Waals surface area contributed by atoms with Crippen LogP contribution in [0.3, 0.4) is 0 Å². The average Bonchev–Trinajstić information content (AvgIpc) is 2.39. The number of nitrogens with zero attached hydrogens (tertiary/aromatic N) is 2. The Morgan fingerprint density at radius 2 is 1.68 bits per heavy atom. The predicted octanol–water partition coefficient (Wildman–Crippen LogP) is 1.77. The molecule has 1 heterocycles. The third-order valence-electron chi connectivity index (χ3n) is 3.21. The molecule has 0 saturated heterocycles. The van der Waals surface area contributed by atoms with Crippen LogP contribution in [0.5, 0.6) is 0 Å². The number of nitrogens with one attached hydrogen (secondary N) is 2. The van der Waals surface area contributed by atoms with Gasteiger partial charge >= 0.3 is 0 Å². The molecule has 0 amide bonds. The van der Waals surface area contributed by atoms with Crippen molar-refractivity contribution >= 4 is 16.0 Å². The third-order valence-corrected chi connectivity index (χ3v) is 4.81. The zero-order valence-corrected chi connectivity index (χ0v) is 12.7. The highest BCUT2D eigenvalue weighted by Gasteiger charge is 2.27. The van der Waals surface area contributed by atoms with Crippen LogP contribution in [-0.2, 0) is 10.0 Å². The summed E-state index contributed by atoms with van der Waals surface area (Å²) in [6.07, 6.45) is 4.08. The maximum absolute atomic E-state index is 12.2. The summed E-state index contributed by atoms with van der Waals surface area (Å²) in [6, 6.07) is 0. The Hall–Kier alpha value is -1.21. The summed E-state index contributed by atoms with van der Waals surface area (Å²) in [5.41, 5.74) is -0.445. The van der Waals surface area contributed by atoms with Crippen LogP contribution in [0, 0.1) is 0 Å². The van der Waals surface area contributed by atoms with Crippen molar-refractivity contribution < 1.29 is 8.42 Å². The SMILES string of the molecule is CCNc1ncc(S(=O)(=O)NC(C)(CC)CC)cn1. The van der Waals surface area contributed by atoms with E-state index in [4.69, 9.17) is 0 Å². The molecule has 0 aliphatic rings. The van der Waals surface area contributed by atoms with Crippen molar-refractivity contribution in [3.8, 4) is 0 Å². The Morgan fingerprint density at radius 3 is 2.11 bits per heavy atom. The number of hydrogen-bond acceptors (Lipinski definition) is 5. The molecule has 1 aromatic heterocycles. The zero-order valence-electron chi connectivity index (χ0n) is 11.9. The maximum Gasteiger partial charge on any atom is 0.244 e. The minimum atomic E-state index is -3.58. The van der Waals surface area contributed by atoms with Crippen molar-refractivity contribution in [2.45, 2.75) is 51.0 Å². The van der Waals surface area contributed by atoms with Gasteiger partial charge in [-0.25, -0.2) is 23.1 Å². The molecule has 108 valence electrons. The van der Waals surface area contributed by atoms with Crippen molar-refractivity contribution in [1.29, 1.82) is 0 Å². The van der Waals surface area contributed by atoms with Crippen LogP contribution in [0.25, 0.3) is 0 Å². The van der Waals surface area contributed by atoms with Gasteiger partial charge < -0.3 is 5.32 Å². The largest absolute Gasteiger partial charge is 0.355 e. The lowest BCUT2D eigenvalue weighted by Gasteiger charge is -2.27. The van der Waals surface area contributed by atoms with Gasteiger partial charge in [0.2, 0.25) is 16.0 Å². The van der Waals surface area contributed by atoms with E-state index in [1.807, 2.05) is 27.7 Å². The van der Waals surface area contributed by atoms with E-state index in [1.165, 1.54) is 12.4 Å². The topological polar surface area (TPSA) is 84.0 Å². The minimum absolute atomic E-state index is 0.0854. The fraction of sp³-hybridized carbons (Fsp3) is 0.667. The Kier molecular flexibility index (Phi) is 5.25. The van der Waals surface area contributed by atoms with Crippen LogP contribution in [0.15, 0.2) is 17.3 Å². The van der Waals surface area contributed by atoms with Gasteiger partial charge in [-0.15, -0.1) is 0 Å². The van der Waals surface area contributed by atoms with E-state index in [1.54, 1.807) is 0 Å². The number of aromatic nitrogens is 2. The highest BCUT2D eigenvalue weighted by Crippen LogP contribution is 2.18. The van der Waals surface area contributed by atoms with Gasteiger partial charge in [-0.3, -0.25) is 0 Å². The summed E-state index contributed by atoms with van der Waals surface area (Å²) < 4.78 is 27.2. The first-order chi connectivity index (χ1) is 8.87. The van der Waals surface area contributed by atoms with Crippen LogP contribution in [0.1, 0.15) is 40.5 Å². The molecule has 2 N–H and O–H groups in total. The zero-order chi connectivity index (χ0) is 14.5. The van der Waals surface area contributed by atoms with Crippen LogP contribution in [0.2, 0.25) is 0 Å². The maximum atomic E-state index is 12.2. The molecule has 0 spiro atoms. The van der Waals surface area contributed by atoms with Crippen LogP contribution < -0.4 is 10.0 Å². The molecule has 1 rings (SSSR count). The molecule has 0 aliphatic carbocycles. The lowest BCUT2D eigenvalue weighted by atomic mass is 9.98. The Labute approximate surface area is 115 Å². The van der Waals surface area contributed by atoms with Gasteiger partial charge in [0.1, 0.15) is 4.90 Å². The standard InChI is InChI=1S/C12H22N4O2S/c1-5-12(4,6-2)16-19(17,18)10-8-14-11(13-7-3)15-9-10/h8-9,16H,5-7H2,1-4H3,(H,13,14,15). The van der Waals surface area contributed by atoms with Gasteiger partial charge in [0.05, 0.1) is 12.4 Å². The van der Waals surface area contributed by atoms with E-state index in [0.717, 1.165) is 12.8 Å². The van der Waals surface area contributed by atoms with Crippen LogP contribution in [0.4, 0.5) is 5.95 Å². The van der Waals surface area contributed by atoms with Crippen molar-refractivity contribution in [3.05, 3.63) is 12.4 Å². The molecule has 0 radical (unpaired) electrons. The molecule has 0 fully saturated rings. The van der Waals surface area contributed by atoms with Gasteiger partial charge in [-0.05, 0) is 26.7 Å². The molecule has 0 aliphatic heterocycles. The fourth-order valence-electron chi connectivity index (χ4n) is 1.48. The van der Waals surface area contributed by atoms with E-state index in [-0.39, 0.29) is 4.90 Å². The first-order valence-corrected chi connectivity index (χ1v) is 7.95. The molecular weight excluding hydrogens is 264 g/mol. The van der Waals surface area contributed by atoms with E-state index >= 15 is 0 Å². The lowest BCUT2D eigenvalue weighted by Crippen LogP contribution is -2.44. The second kappa shape index (κ2) is 6.29. The Morgan fingerprint density at radius 1 is 1.16 bits per heavy atom. The normalized spacial score (nSPS) is 12.4. The first-order valence-electron chi connectivity index (χ1n) is 6.46. The van der Waals surface area contributed by atoms with E-state index in [9.17, 15) is 8.42 Å². The number of hydrogen-bond donors (Lipinski definition) is 2. The lowest BCUT2D eigenvalue weighted by molar-refractivity contribution is 0.388. The van der Waals surface area contributed by atoms with Crippen molar-refractivity contribution in [2.24, 2.45) is 0 Å². The Balaban J connectivity index is 2.94. The van der Waals surface area contributed by atoms with E-state index in [0.29, 0.717) is 12.5 Å². The molecule has 0 bridgehead atoms. The summed E-state index contributed by atoms with van der Waals surface area (Å²) in [4.78, 5) is 8.04. The smallest absolute Gasteiger partial charge is 0.244 e. The number of anilines is 1. The quantitative estimate of drug-likeness (QED) is 0.798. The highest BCUT2D eigenvalue weighted by molar-refractivity contribution is 7.89.